The molecule has 7 nitrogen and oxygen atoms in total. The van der Waals surface area contributed by atoms with E-state index >= 15 is 0 Å². The van der Waals surface area contributed by atoms with Crippen LogP contribution in [0.15, 0.2) is 6.20 Å². The Morgan fingerprint density at radius 2 is 1.73 bits per heavy atom. The van der Waals surface area contributed by atoms with Crippen molar-refractivity contribution in [2.24, 2.45) is 0 Å². The minimum atomic E-state index is -2.82. The molecular weight excluding hydrogens is 392 g/mol. The number of rotatable bonds is 9. The predicted molar refractivity (Wildman–Crippen MR) is 112 cm³/mol. The summed E-state index contributed by atoms with van der Waals surface area (Å²) in [6.45, 7) is -1.27. The zero-order valence-electron chi connectivity index (χ0n) is 17.6. The summed E-state index contributed by atoms with van der Waals surface area (Å²) in [5, 5.41) is 9.52. The molecular formula is C21H33F2N5O2. The summed E-state index contributed by atoms with van der Waals surface area (Å²) in [6, 6.07) is 0.0591. The Balaban J connectivity index is 1.71. The number of anilines is 2. The van der Waals surface area contributed by atoms with Crippen LogP contribution in [0.1, 0.15) is 81.5 Å². The van der Waals surface area contributed by atoms with Crippen LogP contribution in [0, 0.1) is 0 Å². The number of carbonyl (C=O) groups is 1. The minimum Gasteiger partial charge on any atom is -0.367 e. The highest BCUT2D eigenvalue weighted by Crippen LogP contribution is 2.24. The zero-order chi connectivity index (χ0) is 21.3. The number of hydrogen-bond acceptors (Lipinski definition) is 6. The summed E-state index contributed by atoms with van der Waals surface area (Å²) in [7, 11) is 0. The van der Waals surface area contributed by atoms with E-state index in [1.165, 1.54) is 19.0 Å². The minimum absolute atomic E-state index is 0.166. The lowest BCUT2D eigenvalue weighted by Crippen LogP contribution is -2.37. The normalized spacial score (nSPS) is 19.5. The summed E-state index contributed by atoms with van der Waals surface area (Å²) in [6.07, 6.45) is 12.6. The number of alkyl halides is 2. The van der Waals surface area contributed by atoms with E-state index in [1.54, 1.807) is 6.92 Å². The van der Waals surface area contributed by atoms with Gasteiger partial charge in [-0.05, 0) is 32.6 Å². The van der Waals surface area contributed by atoms with Crippen molar-refractivity contribution < 1.29 is 18.3 Å². The number of aromatic nitrogens is 2. The van der Waals surface area contributed by atoms with E-state index in [1.807, 2.05) is 0 Å². The van der Waals surface area contributed by atoms with Gasteiger partial charge in [0.2, 0.25) is 5.95 Å². The number of nitrogens with one attached hydrogen (secondary N) is 3. The molecule has 2 aliphatic carbocycles. The van der Waals surface area contributed by atoms with Crippen LogP contribution >= 0.6 is 0 Å². The fourth-order valence-corrected chi connectivity index (χ4v) is 4.16. The second-order valence-corrected chi connectivity index (χ2v) is 8.38. The fourth-order valence-electron chi connectivity index (χ4n) is 4.16. The van der Waals surface area contributed by atoms with Gasteiger partial charge in [-0.2, -0.15) is 13.8 Å². The Hall–Kier alpha value is -2.03. The van der Waals surface area contributed by atoms with Gasteiger partial charge < -0.3 is 20.7 Å². The largest absolute Gasteiger partial charge is 0.367 e. The van der Waals surface area contributed by atoms with Crippen LogP contribution < -0.4 is 16.0 Å². The molecule has 2 fully saturated rings. The maximum atomic E-state index is 12.9. The third kappa shape index (κ3) is 7.04. The number of hydrogen-bond donors (Lipinski definition) is 3. The lowest BCUT2D eigenvalue weighted by Gasteiger charge is -2.26. The molecule has 30 heavy (non-hydrogen) atoms. The smallest absolute Gasteiger partial charge is 0.345 e. The average molecular weight is 426 g/mol. The van der Waals surface area contributed by atoms with E-state index in [4.69, 9.17) is 0 Å². The number of nitrogens with zero attached hydrogens (tertiary/aromatic N) is 2. The first-order chi connectivity index (χ1) is 14.5. The van der Waals surface area contributed by atoms with Crippen LogP contribution in [0.25, 0.3) is 0 Å². The highest BCUT2D eigenvalue weighted by molar-refractivity contribution is 5.98. The van der Waals surface area contributed by atoms with E-state index in [0.29, 0.717) is 11.4 Å². The lowest BCUT2D eigenvalue weighted by atomic mass is 9.95. The summed E-state index contributed by atoms with van der Waals surface area (Å²) in [5.41, 5.74) is 0.424. The number of ether oxygens (including phenoxy) is 1. The van der Waals surface area contributed by atoms with Gasteiger partial charge in [-0.3, -0.25) is 4.79 Å². The molecule has 2 saturated carbocycles. The third-order valence-corrected chi connectivity index (χ3v) is 5.77. The molecule has 1 heterocycles. The lowest BCUT2D eigenvalue weighted by molar-refractivity contribution is -0.130. The van der Waals surface area contributed by atoms with Crippen LogP contribution in [0.5, 0.6) is 0 Å². The molecule has 0 spiro atoms. The maximum Gasteiger partial charge on any atom is 0.345 e. The van der Waals surface area contributed by atoms with Crippen LogP contribution in [0.2, 0.25) is 0 Å². The standard InChI is InChI=1S/C21H33F2N5O2/c1-14(13-30-20(22)23)25-21-24-12-17(19(29)27-16-10-6-3-7-11-16)18(28-21)26-15-8-4-2-5-9-15/h12,14-16,20H,2-11,13H2,1H3,(H,27,29)(H2,24,25,26,28)/t14-/m0/s1. The SMILES string of the molecule is C[C@@H](COC(F)F)Nc1ncc(C(=O)NC2CCCCC2)c(NC2CCCCC2)n1. The molecule has 168 valence electrons. The van der Waals surface area contributed by atoms with E-state index in [-0.39, 0.29) is 30.5 Å². The van der Waals surface area contributed by atoms with Crippen molar-refractivity contribution in [1.29, 1.82) is 0 Å². The van der Waals surface area contributed by atoms with Gasteiger partial charge >= 0.3 is 6.61 Å². The second-order valence-electron chi connectivity index (χ2n) is 8.38. The van der Waals surface area contributed by atoms with Crippen LogP contribution in [-0.4, -0.2) is 47.2 Å². The van der Waals surface area contributed by atoms with Gasteiger partial charge in [0, 0.05) is 24.3 Å². The summed E-state index contributed by atoms with van der Waals surface area (Å²) >= 11 is 0. The van der Waals surface area contributed by atoms with Crippen molar-refractivity contribution in [1.82, 2.24) is 15.3 Å². The topological polar surface area (TPSA) is 88.2 Å². The van der Waals surface area contributed by atoms with E-state index < -0.39 is 12.7 Å². The highest BCUT2D eigenvalue weighted by atomic mass is 19.3. The van der Waals surface area contributed by atoms with Crippen molar-refractivity contribution in [2.45, 2.75) is 95.9 Å². The van der Waals surface area contributed by atoms with Crippen molar-refractivity contribution in [3.8, 4) is 0 Å². The quantitative estimate of drug-likeness (QED) is 0.546. The molecule has 2 aliphatic rings. The van der Waals surface area contributed by atoms with Crippen molar-refractivity contribution in [3.63, 3.8) is 0 Å². The van der Waals surface area contributed by atoms with Crippen molar-refractivity contribution in [3.05, 3.63) is 11.8 Å². The van der Waals surface area contributed by atoms with Gasteiger partial charge in [0.25, 0.3) is 5.91 Å². The molecule has 1 amide bonds. The number of halogens is 2. The monoisotopic (exact) mass is 425 g/mol. The fraction of sp³-hybridized carbons (Fsp3) is 0.762. The molecule has 0 aliphatic heterocycles. The Kier molecular flexibility index (Phi) is 8.60. The predicted octanol–water partition coefficient (Wildman–Crippen LogP) is 4.32. The van der Waals surface area contributed by atoms with Gasteiger partial charge in [0.15, 0.2) is 0 Å². The molecule has 1 aromatic rings. The first-order valence-corrected chi connectivity index (χ1v) is 11.1. The van der Waals surface area contributed by atoms with E-state index in [2.05, 4.69) is 30.7 Å². The number of amides is 1. The molecule has 1 aromatic heterocycles. The highest BCUT2D eigenvalue weighted by Gasteiger charge is 2.23. The van der Waals surface area contributed by atoms with Crippen LogP contribution in [0.3, 0.4) is 0 Å². The van der Waals surface area contributed by atoms with Gasteiger partial charge in [-0.25, -0.2) is 4.98 Å². The molecule has 0 bridgehead atoms. The molecule has 3 rings (SSSR count). The molecule has 0 saturated heterocycles. The van der Waals surface area contributed by atoms with Gasteiger partial charge in [0.05, 0.1) is 6.61 Å². The first kappa shape index (κ1) is 22.7. The van der Waals surface area contributed by atoms with Crippen LogP contribution in [-0.2, 0) is 4.74 Å². The summed E-state index contributed by atoms with van der Waals surface area (Å²) in [5.74, 6) is 0.614. The van der Waals surface area contributed by atoms with Gasteiger partial charge in [0.1, 0.15) is 11.4 Å². The zero-order valence-corrected chi connectivity index (χ0v) is 17.6. The average Bonchev–Trinajstić information content (AvgIpc) is 2.74. The second kappa shape index (κ2) is 11.4. The maximum absolute atomic E-state index is 12.9. The van der Waals surface area contributed by atoms with E-state index in [0.717, 1.165) is 51.4 Å². The van der Waals surface area contributed by atoms with Crippen molar-refractivity contribution in [2.75, 3.05) is 17.2 Å². The van der Waals surface area contributed by atoms with E-state index in [9.17, 15) is 13.6 Å². The Bertz CT molecular complexity index is 679. The van der Waals surface area contributed by atoms with Crippen LogP contribution in [0.4, 0.5) is 20.5 Å². The Labute approximate surface area is 176 Å². The third-order valence-electron chi connectivity index (χ3n) is 5.77. The molecule has 0 aromatic carbocycles. The molecule has 0 radical (unpaired) electrons. The molecule has 3 N–H and O–H groups in total. The summed E-state index contributed by atoms with van der Waals surface area (Å²) < 4.78 is 28.9. The molecule has 1 atom stereocenters. The molecule has 0 unspecified atom stereocenters. The Morgan fingerprint density at radius 1 is 1.10 bits per heavy atom. The summed E-state index contributed by atoms with van der Waals surface area (Å²) in [4.78, 5) is 21.7. The van der Waals surface area contributed by atoms with Gasteiger partial charge in [-0.15, -0.1) is 0 Å². The first-order valence-electron chi connectivity index (χ1n) is 11.1. The Morgan fingerprint density at radius 3 is 2.37 bits per heavy atom. The van der Waals surface area contributed by atoms with Crippen molar-refractivity contribution >= 4 is 17.7 Å². The molecule has 9 heteroatoms. The number of carbonyl (C=O) groups excluding carboxylic acids is 1. The van der Waals surface area contributed by atoms with Gasteiger partial charge in [-0.1, -0.05) is 38.5 Å².